The Morgan fingerprint density at radius 1 is 1.10 bits per heavy atom. The molecule has 0 saturated carbocycles. The molecule has 0 heterocycles. The van der Waals surface area contributed by atoms with Crippen LogP contribution in [-0.2, 0) is 15.1 Å². The summed E-state index contributed by atoms with van der Waals surface area (Å²) < 4.78 is 5.03. The number of carbonyl (C=O) groups excluding carboxylic acids is 1. The lowest BCUT2D eigenvalue weighted by atomic mass is 9.86. The van der Waals surface area contributed by atoms with Crippen LogP contribution in [0.15, 0.2) is 54.6 Å². The van der Waals surface area contributed by atoms with Crippen LogP contribution >= 0.6 is 0 Å². The van der Waals surface area contributed by atoms with Gasteiger partial charge in [-0.3, -0.25) is 0 Å². The number of ether oxygens (including phenoxy) is 1. The van der Waals surface area contributed by atoms with Crippen LogP contribution in [0.1, 0.15) is 18.1 Å². The van der Waals surface area contributed by atoms with E-state index in [0.717, 1.165) is 0 Å². The Hall–Kier alpha value is -2.33. The fourth-order valence-corrected chi connectivity index (χ4v) is 2.04. The zero-order valence-electron chi connectivity index (χ0n) is 11.2. The summed E-state index contributed by atoms with van der Waals surface area (Å²) in [7, 11) is 0. The highest BCUT2D eigenvalue weighted by molar-refractivity contribution is 5.85. The van der Waals surface area contributed by atoms with Crippen molar-refractivity contribution in [3.8, 4) is 0 Å². The molecule has 0 aromatic heterocycles. The Labute approximate surface area is 117 Å². The fraction of sp³-hybridized carbons (Fsp3) is 0.188. The first-order valence-electron chi connectivity index (χ1n) is 6.40. The first-order valence-corrected chi connectivity index (χ1v) is 6.40. The van der Waals surface area contributed by atoms with Gasteiger partial charge in [-0.2, -0.15) is 0 Å². The van der Waals surface area contributed by atoms with E-state index in [1.165, 1.54) is 0 Å². The molecule has 0 spiro atoms. The molecule has 1 atom stereocenters. The minimum absolute atomic E-state index is 0.197. The number of hydrogen-bond acceptors (Lipinski definition) is 4. The van der Waals surface area contributed by atoms with E-state index in [1.807, 2.05) is 6.07 Å². The molecule has 104 valence electrons. The van der Waals surface area contributed by atoms with E-state index in [0.29, 0.717) is 16.8 Å². The molecule has 0 bridgehead atoms. The minimum atomic E-state index is -1.83. The topological polar surface area (TPSA) is 72.5 Å². The summed E-state index contributed by atoms with van der Waals surface area (Å²) in [4.78, 5) is 12.2. The molecule has 2 rings (SSSR count). The van der Waals surface area contributed by atoms with Crippen molar-refractivity contribution in [1.29, 1.82) is 0 Å². The fourth-order valence-electron chi connectivity index (χ4n) is 2.04. The molecule has 0 radical (unpaired) electrons. The zero-order chi connectivity index (χ0) is 14.6. The van der Waals surface area contributed by atoms with Gasteiger partial charge in [-0.1, -0.05) is 42.5 Å². The Morgan fingerprint density at radius 3 is 2.20 bits per heavy atom. The van der Waals surface area contributed by atoms with E-state index in [-0.39, 0.29) is 6.61 Å². The summed E-state index contributed by atoms with van der Waals surface area (Å²) in [5.74, 6) is -0.698. The Kier molecular flexibility index (Phi) is 4.05. The average Bonchev–Trinajstić information content (AvgIpc) is 2.48. The highest BCUT2D eigenvalue weighted by atomic mass is 16.5. The predicted octanol–water partition coefficient (Wildman–Crippen LogP) is 2.07. The molecule has 2 aromatic rings. The molecule has 3 N–H and O–H groups in total. The second-order valence-electron chi connectivity index (χ2n) is 4.42. The number of aliphatic hydroxyl groups is 1. The number of esters is 1. The van der Waals surface area contributed by atoms with Crippen LogP contribution < -0.4 is 5.73 Å². The lowest BCUT2D eigenvalue weighted by Gasteiger charge is -2.26. The Bertz CT molecular complexity index is 580. The van der Waals surface area contributed by atoms with E-state index in [1.54, 1.807) is 55.5 Å². The lowest BCUT2D eigenvalue weighted by Crippen LogP contribution is -2.38. The molecule has 2 aromatic carbocycles. The summed E-state index contributed by atoms with van der Waals surface area (Å²) in [6.07, 6.45) is 0. The maximum atomic E-state index is 12.2. The van der Waals surface area contributed by atoms with Crippen LogP contribution in [-0.4, -0.2) is 17.7 Å². The molecule has 4 heteroatoms. The van der Waals surface area contributed by atoms with E-state index in [2.05, 4.69) is 0 Å². The molecule has 0 aliphatic heterocycles. The Balaban J connectivity index is 2.55. The van der Waals surface area contributed by atoms with Gasteiger partial charge >= 0.3 is 5.97 Å². The molecule has 0 aliphatic rings. The van der Waals surface area contributed by atoms with Gasteiger partial charge in [0.2, 0.25) is 5.60 Å². The normalized spacial score (nSPS) is 13.5. The van der Waals surface area contributed by atoms with Crippen molar-refractivity contribution in [3.63, 3.8) is 0 Å². The minimum Gasteiger partial charge on any atom is -0.463 e. The van der Waals surface area contributed by atoms with E-state index in [9.17, 15) is 9.90 Å². The quantitative estimate of drug-likeness (QED) is 0.659. The predicted molar refractivity (Wildman–Crippen MR) is 76.9 cm³/mol. The van der Waals surface area contributed by atoms with Crippen molar-refractivity contribution in [2.75, 3.05) is 12.3 Å². The SMILES string of the molecule is CCOC(=O)C(O)(c1ccccc1)c1ccc(N)cc1. The van der Waals surface area contributed by atoms with E-state index in [4.69, 9.17) is 10.5 Å². The number of carbonyl (C=O) groups is 1. The smallest absolute Gasteiger partial charge is 0.347 e. The largest absolute Gasteiger partial charge is 0.463 e. The van der Waals surface area contributed by atoms with Crippen LogP contribution in [0.5, 0.6) is 0 Å². The van der Waals surface area contributed by atoms with Gasteiger partial charge in [0, 0.05) is 5.69 Å². The second kappa shape index (κ2) is 5.75. The molecule has 0 amide bonds. The van der Waals surface area contributed by atoms with Gasteiger partial charge in [0.05, 0.1) is 6.61 Å². The molecule has 0 fully saturated rings. The molecule has 0 saturated heterocycles. The number of benzene rings is 2. The highest BCUT2D eigenvalue weighted by Gasteiger charge is 2.41. The summed E-state index contributed by atoms with van der Waals surface area (Å²) in [5, 5.41) is 10.9. The van der Waals surface area contributed by atoms with Crippen molar-refractivity contribution >= 4 is 11.7 Å². The van der Waals surface area contributed by atoms with Crippen molar-refractivity contribution in [2.45, 2.75) is 12.5 Å². The highest BCUT2D eigenvalue weighted by Crippen LogP contribution is 2.31. The number of hydrogen-bond donors (Lipinski definition) is 2. The van der Waals surface area contributed by atoms with Gasteiger partial charge < -0.3 is 15.6 Å². The summed E-state index contributed by atoms with van der Waals surface area (Å²) in [6.45, 7) is 1.90. The first-order chi connectivity index (χ1) is 9.59. The van der Waals surface area contributed by atoms with E-state index < -0.39 is 11.6 Å². The Morgan fingerprint density at radius 2 is 1.65 bits per heavy atom. The summed E-state index contributed by atoms with van der Waals surface area (Å²) in [6, 6.07) is 15.2. The molecular formula is C16H17NO3. The lowest BCUT2D eigenvalue weighted by molar-refractivity contribution is -0.161. The third-order valence-corrected chi connectivity index (χ3v) is 3.09. The number of rotatable bonds is 4. The van der Waals surface area contributed by atoms with Crippen LogP contribution in [0, 0.1) is 0 Å². The summed E-state index contributed by atoms with van der Waals surface area (Å²) in [5.41, 5.74) is 5.27. The third kappa shape index (κ3) is 2.51. The van der Waals surface area contributed by atoms with Gasteiger partial charge in [0.25, 0.3) is 0 Å². The van der Waals surface area contributed by atoms with Crippen molar-refractivity contribution < 1.29 is 14.6 Å². The van der Waals surface area contributed by atoms with Gasteiger partial charge in [-0.05, 0) is 30.2 Å². The monoisotopic (exact) mass is 271 g/mol. The number of anilines is 1. The van der Waals surface area contributed by atoms with Gasteiger partial charge in [-0.15, -0.1) is 0 Å². The van der Waals surface area contributed by atoms with Crippen molar-refractivity contribution in [3.05, 3.63) is 65.7 Å². The molecule has 1 unspecified atom stereocenters. The number of nitrogen functional groups attached to an aromatic ring is 1. The number of nitrogens with two attached hydrogens (primary N) is 1. The average molecular weight is 271 g/mol. The third-order valence-electron chi connectivity index (χ3n) is 3.09. The van der Waals surface area contributed by atoms with Crippen molar-refractivity contribution in [2.24, 2.45) is 0 Å². The maximum absolute atomic E-state index is 12.2. The van der Waals surface area contributed by atoms with Gasteiger partial charge in [0.15, 0.2) is 0 Å². The van der Waals surface area contributed by atoms with Crippen LogP contribution in [0.3, 0.4) is 0 Å². The standard InChI is InChI=1S/C16H17NO3/c1-2-20-15(18)16(19,12-6-4-3-5-7-12)13-8-10-14(17)11-9-13/h3-11,19H,2,17H2,1H3. The van der Waals surface area contributed by atoms with Crippen molar-refractivity contribution in [1.82, 2.24) is 0 Å². The second-order valence-corrected chi connectivity index (χ2v) is 4.42. The maximum Gasteiger partial charge on any atom is 0.347 e. The van der Waals surface area contributed by atoms with Gasteiger partial charge in [-0.25, -0.2) is 4.79 Å². The summed E-state index contributed by atoms with van der Waals surface area (Å²) >= 11 is 0. The molecule has 4 nitrogen and oxygen atoms in total. The first kappa shape index (κ1) is 14.1. The van der Waals surface area contributed by atoms with E-state index >= 15 is 0 Å². The van der Waals surface area contributed by atoms with Crippen LogP contribution in [0.2, 0.25) is 0 Å². The molecule has 20 heavy (non-hydrogen) atoms. The molecular weight excluding hydrogens is 254 g/mol. The molecule has 0 aliphatic carbocycles. The van der Waals surface area contributed by atoms with Gasteiger partial charge in [0.1, 0.15) is 0 Å². The zero-order valence-corrected chi connectivity index (χ0v) is 11.2. The van der Waals surface area contributed by atoms with Crippen LogP contribution in [0.4, 0.5) is 5.69 Å². The van der Waals surface area contributed by atoms with Crippen LogP contribution in [0.25, 0.3) is 0 Å².